The maximum atomic E-state index is 12.2. The third-order valence-electron chi connectivity index (χ3n) is 3.66. The van der Waals surface area contributed by atoms with E-state index >= 15 is 0 Å². The van der Waals surface area contributed by atoms with Crippen LogP contribution in [0.25, 0.3) is 10.8 Å². The van der Waals surface area contributed by atoms with Gasteiger partial charge in [-0.05, 0) is 25.3 Å². The van der Waals surface area contributed by atoms with Crippen LogP contribution in [0.4, 0.5) is 0 Å². The van der Waals surface area contributed by atoms with Crippen LogP contribution in [0.2, 0.25) is 0 Å². The SMILES string of the molecule is COC(=O)C(C(C)=O)C(C(C)=O)c1nccc2ccccc12. The first-order valence-corrected chi connectivity index (χ1v) is 6.89. The summed E-state index contributed by atoms with van der Waals surface area (Å²) in [5.74, 6) is -3.56. The van der Waals surface area contributed by atoms with Crippen molar-refractivity contribution in [3.63, 3.8) is 0 Å². The number of ether oxygens (including phenoxy) is 1. The number of methoxy groups -OCH3 is 1. The molecule has 2 unspecified atom stereocenters. The van der Waals surface area contributed by atoms with Gasteiger partial charge in [-0.1, -0.05) is 24.3 Å². The van der Waals surface area contributed by atoms with Gasteiger partial charge in [-0.3, -0.25) is 19.4 Å². The quantitative estimate of drug-likeness (QED) is 0.625. The summed E-state index contributed by atoms with van der Waals surface area (Å²) >= 11 is 0. The number of aromatic nitrogens is 1. The highest BCUT2D eigenvalue weighted by Gasteiger charge is 2.39. The van der Waals surface area contributed by atoms with Gasteiger partial charge < -0.3 is 4.74 Å². The standard InChI is InChI=1S/C17H17NO4/c1-10(19)14(15(11(2)20)17(21)22-3)16-13-7-5-4-6-12(13)8-9-18-16/h4-9,14-15H,1-3H3. The Morgan fingerprint density at radius 3 is 2.32 bits per heavy atom. The number of esters is 1. The summed E-state index contributed by atoms with van der Waals surface area (Å²) in [6, 6.07) is 9.22. The molecular weight excluding hydrogens is 282 g/mol. The molecule has 0 amide bonds. The van der Waals surface area contributed by atoms with Crippen molar-refractivity contribution >= 4 is 28.3 Å². The van der Waals surface area contributed by atoms with E-state index in [0.717, 1.165) is 10.8 Å². The average molecular weight is 299 g/mol. The molecule has 0 spiro atoms. The molecule has 0 saturated heterocycles. The molecule has 0 saturated carbocycles. The number of ketones is 2. The zero-order valence-electron chi connectivity index (χ0n) is 12.7. The highest BCUT2D eigenvalue weighted by molar-refractivity contribution is 6.05. The number of hydrogen-bond acceptors (Lipinski definition) is 5. The van der Waals surface area contributed by atoms with Crippen molar-refractivity contribution < 1.29 is 19.1 Å². The largest absolute Gasteiger partial charge is 0.468 e. The number of rotatable bonds is 5. The van der Waals surface area contributed by atoms with Crippen LogP contribution in [-0.2, 0) is 19.1 Å². The second kappa shape index (κ2) is 6.47. The molecule has 2 rings (SSSR count). The number of fused-ring (bicyclic) bond motifs is 1. The number of nitrogens with zero attached hydrogens (tertiary/aromatic N) is 1. The van der Waals surface area contributed by atoms with E-state index in [1.165, 1.54) is 21.0 Å². The van der Waals surface area contributed by atoms with Crippen molar-refractivity contribution in [1.29, 1.82) is 0 Å². The molecule has 2 atom stereocenters. The monoisotopic (exact) mass is 299 g/mol. The molecular formula is C17H17NO4. The van der Waals surface area contributed by atoms with Crippen LogP contribution in [0.15, 0.2) is 36.5 Å². The van der Waals surface area contributed by atoms with Gasteiger partial charge in [0.05, 0.1) is 18.7 Å². The summed E-state index contributed by atoms with van der Waals surface area (Å²) in [4.78, 5) is 40.3. The van der Waals surface area contributed by atoms with Gasteiger partial charge in [0.25, 0.3) is 0 Å². The fourth-order valence-electron chi connectivity index (χ4n) is 2.64. The molecule has 0 bridgehead atoms. The Kier molecular flexibility index (Phi) is 4.65. The van der Waals surface area contributed by atoms with Gasteiger partial charge in [0, 0.05) is 11.6 Å². The lowest BCUT2D eigenvalue weighted by molar-refractivity contribution is -0.151. The highest BCUT2D eigenvalue weighted by atomic mass is 16.5. The molecule has 5 nitrogen and oxygen atoms in total. The van der Waals surface area contributed by atoms with Crippen molar-refractivity contribution in [3.8, 4) is 0 Å². The maximum Gasteiger partial charge on any atom is 0.317 e. The first-order chi connectivity index (χ1) is 10.5. The van der Waals surface area contributed by atoms with Gasteiger partial charge in [0.2, 0.25) is 0 Å². The lowest BCUT2D eigenvalue weighted by Gasteiger charge is -2.21. The normalized spacial score (nSPS) is 13.4. The van der Waals surface area contributed by atoms with Crippen molar-refractivity contribution in [3.05, 3.63) is 42.2 Å². The molecule has 1 aromatic heterocycles. The third kappa shape index (κ3) is 2.88. The third-order valence-corrected chi connectivity index (χ3v) is 3.66. The lowest BCUT2D eigenvalue weighted by atomic mass is 9.82. The molecule has 22 heavy (non-hydrogen) atoms. The second-order valence-corrected chi connectivity index (χ2v) is 5.12. The van der Waals surface area contributed by atoms with E-state index in [1.54, 1.807) is 6.20 Å². The number of hydrogen-bond donors (Lipinski definition) is 0. The van der Waals surface area contributed by atoms with Gasteiger partial charge >= 0.3 is 5.97 Å². The summed E-state index contributed by atoms with van der Waals surface area (Å²) in [5.41, 5.74) is 0.427. The van der Waals surface area contributed by atoms with Crippen LogP contribution in [0.3, 0.4) is 0 Å². The van der Waals surface area contributed by atoms with Crippen molar-refractivity contribution in [1.82, 2.24) is 4.98 Å². The molecule has 5 heteroatoms. The average Bonchev–Trinajstić information content (AvgIpc) is 2.50. The molecule has 0 N–H and O–H groups in total. The van der Waals surface area contributed by atoms with Gasteiger partial charge in [0.15, 0.2) is 0 Å². The molecule has 0 aliphatic rings. The molecule has 0 aliphatic carbocycles. The van der Waals surface area contributed by atoms with Gasteiger partial charge in [0.1, 0.15) is 17.5 Å². The van der Waals surface area contributed by atoms with Gasteiger partial charge in [-0.2, -0.15) is 0 Å². The van der Waals surface area contributed by atoms with Crippen LogP contribution in [-0.4, -0.2) is 29.6 Å². The van der Waals surface area contributed by atoms with E-state index in [2.05, 4.69) is 4.98 Å². The van der Waals surface area contributed by atoms with E-state index in [0.29, 0.717) is 5.69 Å². The Morgan fingerprint density at radius 2 is 1.73 bits per heavy atom. The number of Topliss-reactive ketones (excluding diaryl/α,β-unsaturated/α-hetero) is 2. The molecule has 114 valence electrons. The molecule has 0 aliphatic heterocycles. The Bertz CT molecular complexity index is 733. The van der Waals surface area contributed by atoms with Crippen LogP contribution in [0, 0.1) is 5.92 Å². The molecule has 2 aromatic rings. The highest BCUT2D eigenvalue weighted by Crippen LogP contribution is 2.31. The molecule has 1 aromatic carbocycles. The van der Waals surface area contributed by atoms with E-state index < -0.39 is 23.6 Å². The molecule has 0 fully saturated rings. The number of carbonyl (C=O) groups excluding carboxylic acids is 3. The van der Waals surface area contributed by atoms with Crippen LogP contribution >= 0.6 is 0 Å². The van der Waals surface area contributed by atoms with Gasteiger partial charge in [-0.25, -0.2) is 0 Å². The predicted octanol–water partition coefficient (Wildman–Crippen LogP) is 2.29. The minimum absolute atomic E-state index is 0.297. The van der Waals surface area contributed by atoms with Crippen LogP contribution < -0.4 is 0 Å². The van der Waals surface area contributed by atoms with E-state index in [-0.39, 0.29) is 5.78 Å². The van der Waals surface area contributed by atoms with E-state index in [1.807, 2.05) is 30.3 Å². The maximum absolute atomic E-state index is 12.2. The summed E-state index contributed by atoms with van der Waals surface area (Å²) < 4.78 is 4.70. The molecule has 0 radical (unpaired) electrons. The number of carbonyl (C=O) groups is 3. The fourth-order valence-corrected chi connectivity index (χ4v) is 2.64. The van der Waals surface area contributed by atoms with Crippen LogP contribution in [0.5, 0.6) is 0 Å². The van der Waals surface area contributed by atoms with Crippen molar-refractivity contribution in [2.24, 2.45) is 5.92 Å². The first kappa shape index (κ1) is 15.8. The fraction of sp³-hybridized carbons (Fsp3) is 0.294. The second-order valence-electron chi connectivity index (χ2n) is 5.12. The number of benzene rings is 1. The molecule has 1 heterocycles. The smallest absolute Gasteiger partial charge is 0.317 e. The Morgan fingerprint density at radius 1 is 1.05 bits per heavy atom. The number of pyridine rings is 1. The summed E-state index contributed by atoms with van der Waals surface area (Å²) in [5, 5.41) is 1.64. The Hall–Kier alpha value is -2.56. The van der Waals surface area contributed by atoms with Crippen molar-refractivity contribution in [2.45, 2.75) is 19.8 Å². The Labute approximate surface area is 128 Å². The zero-order chi connectivity index (χ0) is 16.3. The summed E-state index contributed by atoms with van der Waals surface area (Å²) in [6.45, 7) is 2.63. The van der Waals surface area contributed by atoms with Crippen LogP contribution in [0.1, 0.15) is 25.5 Å². The predicted molar refractivity (Wildman–Crippen MR) is 81.4 cm³/mol. The topological polar surface area (TPSA) is 73.3 Å². The Balaban J connectivity index is 2.67. The van der Waals surface area contributed by atoms with Crippen molar-refractivity contribution in [2.75, 3.05) is 7.11 Å². The minimum atomic E-state index is -1.18. The van der Waals surface area contributed by atoms with E-state index in [4.69, 9.17) is 4.74 Å². The summed E-state index contributed by atoms with van der Waals surface area (Å²) in [7, 11) is 1.20. The minimum Gasteiger partial charge on any atom is -0.468 e. The van der Waals surface area contributed by atoms with Gasteiger partial charge in [-0.15, -0.1) is 0 Å². The first-order valence-electron chi connectivity index (χ1n) is 6.89. The van der Waals surface area contributed by atoms with E-state index in [9.17, 15) is 14.4 Å². The zero-order valence-corrected chi connectivity index (χ0v) is 12.7. The lowest BCUT2D eigenvalue weighted by Crippen LogP contribution is -2.34. The summed E-state index contributed by atoms with van der Waals surface area (Å²) in [6.07, 6.45) is 1.57.